The largest absolute Gasteiger partial charge is 0.310 e. The van der Waals surface area contributed by atoms with E-state index in [9.17, 15) is 4.79 Å². The molecule has 2 rings (SSSR count). The van der Waals surface area contributed by atoms with Gasteiger partial charge in [-0.05, 0) is 17.9 Å². The van der Waals surface area contributed by atoms with Gasteiger partial charge in [0.05, 0.1) is 5.02 Å². The molecular formula is C11H13ClN2O. The number of aromatic nitrogens is 1. The molecule has 1 amide bonds. The predicted octanol–water partition coefficient (Wildman–Crippen LogP) is 2.74. The molecule has 0 fully saturated rings. The molecule has 0 radical (unpaired) electrons. The zero-order chi connectivity index (χ0) is 11.0. The molecule has 0 unspecified atom stereocenters. The number of nitrogens with zero attached hydrogens (tertiary/aromatic N) is 1. The van der Waals surface area contributed by atoms with Crippen molar-refractivity contribution in [3.63, 3.8) is 0 Å². The van der Waals surface area contributed by atoms with Gasteiger partial charge < -0.3 is 5.32 Å². The summed E-state index contributed by atoms with van der Waals surface area (Å²) >= 11 is 6.12. The summed E-state index contributed by atoms with van der Waals surface area (Å²) < 4.78 is 0. The summed E-state index contributed by atoms with van der Waals surface area (Å²) in [5, 5.41) is 3.47. The van der Waals surface area contributed by atoms with Crippen molar-refractivity contribution in [2.24, 2.45) is 0 Å². The van der Waals surface area contributed by atoms with Crippen molar-refractivity contribution in [2.75, 3.05) is 5.32 Å². The number of hydrogen-bond acceptors (Lipinski definition) is 2. The lowest BCUT2D eigenvalue weighted by atomic mass is 9.93. The summed E-state index contributed by atoms with van der Waals surface area (Å²) in [5.74, 6) is 1.07. The minimum absolute atomic E-state index is 0.0343. The number of carbonyl (C=O) groups is 1. The first kappa shape index (κ1) is 10.4. The third-order valence-electron chi connectivity index (χ3n) is 2.61. The number of halogens is 1. The summed E-state index contributed by atoms with van der Waals surface area (Å²) in [6, 6.07) is 0. The molecule has 1 N–H and O–H groups in total. The number of rotatable bonds is 1. The molecule has 1 aliphatic rings. The molecule has 0 spiro atoms. The number of amides is 1. The lowest BCUT2D eigenvalue weighted by molar-refractivity contribution is -0.116. The first-order chi connectivity index (χ1) is 7.09. The average molecular weight is 225 g/mol. The van der Waals surface area contributed by atoms with Gasteiger partial charge in [0.2, 0.25) is 5.91 Å². The maximum absolute atomic E-state index is 11.2. The van der Waals surface area contributed by atoms with Crippen LogP contribution < -0.4 is 5.32 Å². The summed E-state index contributed by atoms with van der Waals surface area (Å²) in [7, 11) is 0. The fourth-order valence-corrected chi connectivity index (χ4v) is 2.34. The Morgan fingerprint density at radius 2 is 2.20 bits per heavy atom. The van der Waals surface area contributed by atoms with Gasteiger partial charge in [-0.2, -0.15) is 0 Å². The van der Waals surface area contributed by atoms with Crippen molar-refractivity contribution in [3.05, 3.63) is 22.3 Å². The van der Waals surface area contributed by atoms with E-state index in [2.05, 4.69) is 24.1 Å². The van der Waals surface area contributed by atoms with Crippen molar-refractivity contribution >= 4 is 23.3 Å². The van der Waals surface area contributed by atoms with Crippen molar-refractivity contribution < 1.29 is 4.79 Å². The molecule has 4 heteroatoms. The van der Waals surface area contributed by atoms with Gasteiger partial charge in [-0.15, -0.1) is 0 Å². The van der Waals surface area contributed by atoms with Gasteiger partial charge in [0.25, 0.3) is 0 Å². The highest BCUT2D eigenvalue weighted by Gasteiger charge is 2.22. The van der Waals surface area contributed by atoms with E-state index in [-0.39, 0.29) is 5.91 Å². The smallest absolute Gasteiger partial charge is 0.225 e. The van der Waals surface area contributed by atoms with Crippen LogP contribution in [0.3, 0.4) is 0 Å². The second kappa shape index (κ2) is 3.81. The molecule has 3 nitrogen and oxygen atoms in total. The Morgan fingerprint density at radius 3 is 2.87 bits per heavy atom. The lowest BCUT2D eigenvalue weighted by Crippen LogP contribution is -2.21. The van der Waals surface area contributed by atoms with Crippen molar-refractivity contribution in [2.45, 2.75) is 32.6 Å². The van der Waals surface area contributed by atoms with Crippen LogP contribution in [-0.2, 0) is 11.2 Å². The van der Waals surface area contributed by atoms with Gasteiger partial charge in [0.1, 0.15) is 5.82 Å². The van der Waals surface area contributed by atoms with Crippen LogP contribution in [0, 0.1) is 0 Å². The van der Waals surface area contributed by atoms with Crippen molar-refractivity contribution in [3.8, 4) is 0 Å². The van der Waals surface area contributed by atoms with Crippen LogP contribution in [0.15, 0.2) is 6.20 Å². The summed E-state index contributed by atoms with van der Waals surface area (Å²) in [6.45, 7) is 4.19. The predicted molar refractivity (Wildman–Crippen MR) is 60.3 cm³/mol. The zero-order valence-corrected chi connectivity index (χ0v) is 9.56. The van der Waals surface area contributed by atoms with Gasteiger partial charge in [0, 0.05) is 18.2 Å². The Morgan fingerprint density at radius 1 is 1.47 bits per heavy atom. The quantitative estimate of drug-likeness (QED) is 0.797. The Balaban J connectivity index is 2.55. The van der Waals surface area contributed by atoms with E-state index in [4.69, 9.17) is 11.6 Å². The minimum Gasteiger partial charge on any atom is -0.310 e. The molecular weight excluding hydrogens is 212 g/mol. The third kappa shape index (κ3) is 1.84. The molecule has 0 aromatic carbocycles. The van der Waals surface area contributed by atoms with Crippen LogP contribution >= 0.6 is 11.6 Å². The minimum atomic E-state index is 0.0343. The molecule has 1 aliphatic heterocycles. The van der Waals surface area contributed by atoms with Crippen molar-refractivity contribution in [1.29, 1.82) is 0 Å². The SMILES string of the molecule is CC(C)c1c(Cl)cnc2c1CCC(=O)N2. The van der Waals surface area contributed by atoms with E-state index in [1.54, 1.807) is 6.20 Å². The van der Waals surface area contributed by atoms with Crippen LogP contribution in [0.5, 0.6) is 0 Å². The number of hydrogen-bond donors (Lipinski definition) is 1. The summed E-state index contributed by atoms with van der Waals surface area (Å²) in [4.78, 5) is 15.4. The molecule has 15 heavy (non-hydrogen) atoms. The highest BCUT2D eigenvalue weighted by atomic mass is 35.5. The van der Waals surface area contributed by atoms with Crippen LogP contribution in [0.25, 0.3) is 0 Å². The van der Waals surface area contributed by atoms with E-state index in [1.807, 2.05) is 0 Å². The number of anilines is 1. The highest BCUT2D eigenvalue weighted by Crippen LogP contribution is 2.33. The number of fused-ring (bicyclic) bond motifs is 1. The fourth-order valence-electron chi connectivity index (χ4n) is 1.96. The fraction of sp³-hybridized carbons (Fsp3) is 0.455. The first-order valence-corrected chi connectivity index (χ1v) is 5.44. The third-order valence-corrected chi connectivity index (χ3v) is 2.91. The zero-order valence-electron chi connectivity index (χ0n) is 8.80. The van der Waals surface area contributed by atoms with Gasteiger partial charge in [-0.1, -0.05) is 25.4 Å². The Labute approximate surface area is 93.8 Å². The molecule has 80 valence electrons. The van der Waals surface area contributed by atoms with E-state index in [0.717, 1.165) is 17.5 Å². The van der Waals surface area contributed by atoms with Gasteiger partial charge >= 0.3 is 0 Å². The Hall–Kier alpha value is -1.09. The topological polar surface area (TPSA) is 42.0 Å². The monoisotopic (exact) mass is 224 g/mol. The molecule has 0 saturated carbocycles. The molecule has 0 saturated heterocycles. The average Bonchev–Trinajstić information content (AvgIpc) is 2.17. The number of nitrogens with one attached hydrogen (secondary N) is 1. The second-order valence-corrected chi connectivity index (χ2v) is 4.46. The Kier molecular flexibility index (Phi) is 2.65. The van der Waals surface area contributed by atoms with E-state index in [1.165, 1.54) is 0 Å². The van der Waals surface area contributed by atoms with Gasteiger partial charge in [-0.25, -0.2) is 4.98 Å². The second-order valence-electron chi connectivity index (χ2n) is 4.05. The lowest BCUT2D eigenvalue weighted by Gasteiger charge is -2.21. The standard InChI is InChI=1S/C11H13ClN2O/c1-6(2)10-7-3-4-9(15)14-11(7)13-5-8(10)12/h5-6H,3-4H2,1-2H3,(H,13,14,15). The molecule has 1 aromatic rings. The maximum atomic E-state index is 11.2. The summed E-state index contributed by atoms with van der Waals surface area (Å²) in [6.07, 6.45) is 2.87. The Bertz CT molecular complexity index is 415. The van der Waals surface area contributed by atoms with E-state index < -0.39 is 0 Å². The number of pyridine rings is 1. The van der Waals surface area contributed by atoms with Gasteiger partial charge in [-0.3, -0.25) is 4.79 Å². The molecule has 1 aromatic heterocycles. The van der Waals surface area contributed by atoms with E-state index in [0.29, 0.717) is 23.2 Å². The van der Waals surface area contributed by atoms with Crippen LogP contribution in [-0.4, -0.2) is 10.9 Å². The van der Waals surface area contributed by atoms with Crippen LogP contribution in [0.1, 0.15) is 37.3 Å². The molecule has 2 heterocycles. The van der Waals surface area contributed by atoms with Crippen molar-refractivity contribution in [1.82, 2.24) is 4.98 Å². The van der Waals surface area contributed by atoms with Crippen LogP contribution in [0.4, 0.5) is 5.82 Å². The first-order valence-electron chi connectivity index (χ1n) is 5.06. The molecule has 0 aliphatic carbocycles. The maximum Gasteiger partial charge on any atom is 0.225 e. The normalized spacial score (nSPS) is 15.1. The number of carbonyl (C=O) groups excluding carboxylic acids is 1. The van der Waals surface area contributed by atoms with Gasteiger partial charge in [0.15, 0.2) is 0 Å². The van der Waals surface area contributed by atoms with E-state index >= 15 is 0 Å². The summed E-state index contributed by atoms with van der Waals surface area (Å²) in [5.41, 5.74) is 2.21. The van der Waals surface area contributed by atoms with Crippen LogP contribution in [0.2, 0.25) is 5.02 Å². The highest BCUT2D eigenvalue weighted by molar-refractivity contribution is 6.31. The molecule has 0 bridgehead atoms. The molecule has 0 atom stereocenters.